The van der Waals surface area contributed by atoms with Crippen molar-refractivity contribution in [2.24, 2.45) is 0 Å². The van der Waals surface area contributed by atoms with E-state index in [0.29, 0.717) is 19.0 Å². The molecule has 7 nitrogen and oxygen atoms in total. The molecule has 2 aromatic heterocycles. The minimum absolute atomic E-state index is 0.208. The third kappa shape index (κ3) is 3.36. The molecule has 0 saturated heterocycles. The molecule has 2 aromatic rings. The molecule has 0 unspecified atom stereocenters. The maximum atomic E-state index is 9.70. The molecule has 0 aliphatic carbocycles. The van der Waals surface area contributed by atoms with Crippen LogP contribution in [0.1, 0.15) is 11.6 Å². The Morgan fingerprint density at radius 1 is 1.59 bits per heavy atom. The Morgan fingerprint density at radius 2 is 2.47 bits per heavy atom. The topological polar surface area (TPSA) is 86.2 Å². The number of hydrogen-bond acceptors (Lipinski definition) is 6. The van der Waals surface area contributed by atoms with Crippen LogP contribution in [0.5, 0.6) is 0 Å². The first-order valence-corrected chi connectivity index (χ1v) is 5.26. The number of rotatable bonds is 6. The highest BCUT2D eigenvalue weighted by Crippen LogP contribution is 2.02. The van der Waals surface area contributed by atoms with E-state index in [1.54, 1.807) is 19.3 Å². The fourth-order valence-electron chi connectivity index (χ4n) is 1.36. The first kappa shape index (κ1) is 11.7. The van der Waals surface area contributed by atoms with Gasteiger partial charge in [-0.25, -0.2) is 4.68 Å². The number of aromatic nitrogens is 4. The van der Waals surface area contributed by atoms with Crippen molar-refractivity contribution >= 4 is 0 Å². The lowest BCUT2D eigenvalue weighted by atomic mass is 10.4. The van der Waals surface area contributed by atoms with E-state index in [1.807, 2.05) is 6.07 Å². The molecular formula is C10H14N4O3. The van der Waals surface area contributed by atoms with Gasteiger partial charge in [0.2, 0.25) is 0 Å². The zero-order valence-corrected chi connectivity index (χ0v) is 9.48. The summed E-state index contributed by atoms with van der Waals surface area (Å²) in [6.45, 7) is 2.64. The fraction of sp³-hybridized carbons (Fsp3) is 0.500. The van der Waals surface area contributed by atoms with Crippen LogP contribution in [-0.4, -0.2) is 38.0 Å². The molecule has 2 heterocycles. The second kappa shape index (κ2) is 5.55. The normalized spacial score (nSPS) is 12.8. The smallest absolute Gasteiger partial charge is 0.148 e. The van der Waals surface area contributed by atoms with Gasteiger partial charge in [0, 0.05) is 0 Å². The number of aliphatic hydroxyl groups excluding tert-OH is 1. The highest BCUT2D eigenvalue weighted by atomic mass is 16.5. The predicted octanol–water partition coefficient (Wildman–Crippen LogP) is 0.152. The van der Waals surface area contributed by atoms with E-state index < -0.39 is 6.10 Å². The predicted molar refractivity (Wildman–Crippen MR) is 56.9 cm³/mol. The standard InChI is InChI=1S/C10H14N4O3/c1-8-11-12-13-14(8)5-9(15)6-16-7-10-3-2-4-17-10/h2-4,9,15H,5-7H2,1H3/t9-/m1/s1. The molecule has 0 spiro atoms. The van der Waals surface area contributed by atoms with E-state index >= 15 is 0 Å². The molecule has 0 aliphatic heterocycles. The fourth-order valence-corrected chi connectivity index (χ4v) is 1.36. The van der Waals surface area contributed by atoms with Crippen molar-refractivity contribution in [3.63, 3.8) is 0 Å². The van der Waals surface area contributed by atoms with Gasteiger partial charge in [-0.15, -0.1) is 5.10 Å². The lowest BCUT2D eigenvalue weighted by molar-refractivity contribution is 0.0126. The third-order valence-corrected chi connectivity index (χ3v) is 2.23. The van der Waals surface area contributed by atoms with Crippen LogP contribution in [0.2, 0.25) is 0 Å². The van der Waals surface area contributed by atoms with E-state index in [1.165, 1.54) is 4.68 Å². The average Bonchev–Trinajstić information content (AvgIpc) is 2.92. The van der Waals surface area contributed by atoms with Gasteiger partial charge in [0.25, 0.3) is 0 Å². The van der Waals surface area contributed by atoms with Gasteiger partial charge in [-0.1, -0.05) is 0 Å². The van der Waals surface area contributed by atoms with Crippen molar-refractivity contribution in [1.82, 2.24) is 20.2 Å². The van der Waals surface area contributed by atoms with Crippen LogP contribution in [-0.2, 0) is 17.9 Å². The highest BCUT2D eigenvalue weighted by molar-refractivity contribution is 4.96. The van der Waals surface area contributed by atoms with E-state index in [0.717, 1.165) is 5.76 Å². The van der Waals surface area contributed by atoms with Gasteiger partial charge in [0.1, 0.15) is 18.2 Å². The summed E-state index contributed by atoms with van der Waals surface area (Å²) in [7, 11) is 0. The average molecular weight is 238 g/mol. The van der Waals surface area contributed by atoms with Crippen molar-refractivity contribution in [3.8, 4) is 0 Å². The van der Waals surface area contributed by atoms with E-state index in [9.17, 15) is 5.11 Å². The van der Waals surface area contributed by atoms with Crippen LogP contribution in [0.4, 0.5) is 0 Å². The molecule has 0 aromatic carbocycles. The van der Waals surface area contributed by atoms with E-state index in [2.05, 4.69) is 15.5 Å². The van der Waals surface area contributed by atoms with Gasteiger partial charge in [0.15, 0.2) is 0 Å². The zero-order chi connectivity index (χ0) is 12.1. The Hall–Kier alpha value is -1.73. The molecule has 17 heavy (non-hydrogen) atoms. The summed E-state index contributed by atoms with van der Waals surface area (Å²) >= 11 is 0. The SMILES string of the molecule is Cc1nnnn1C[C@@H](O)COCc1ccco1. The van der Waals surface area contributed by atoms with Crippen LogP contribution in [0.25, 0.3) is 0 Å². The van der Waals surface area contributed by atoms with Crippen molar-refractivity contribution in [3.05, 3.63) is 30.0 Å². The van der Waals surface area contributed by atoms with E-state index in [-0.39, 0.29) is 6.61 Å². The molecular weight excluding hydrogens is 224 g/mol. The third-order valence-electron chi connectivity index (χ3n) is 2.23. The quantitative estimate of drug-likeness (QED) is 0.771. The molecule has 0 aliphatic rings. The van der Waals surface area contributed by atoms with Gasteiger partial charge < -0.3 is 14.3 Å². The van der Waals surface area contributed by atoms with Gasteiger partial charge in [-0.05, 0) is 29.5 Å². The largest absolute Gasteiger partial charge is 0.467 e. The molecule has 0 fully saturated rings. The van der Waals surface area contributed by atoms with E-state index in [4.69, 9.17) is 9.15 Å². The maximum Gasteiger partial charge on any atom is 0.148 e. The van der Waals surface area contributed by atoms with Gasteiger partial charge in [-0.3, -0.25) is 0 Å². The molecule has 0 bridgehead atoms. The highest BCUT2D eigenvalue weighted by Gasteiger charge is 2.09. The van der Waals surface area contributed by atoms with Gasteiger partial charge in [0.05, 0.1) is 25.5 Å². The molecule has 0 radical (unpaired) electrons. The molecule has 0 amide bonds. The number of aliphatic hydroxyl groups is 1. The Bertz CT molecular complexity index is 440. The summed E-state index contributed by atoms with van der Waals surface area (Å²) in [6, 6.07) is 3.61. The molecule has 1 N–H and O–H groups in total. The minimum Gasteiger partial charge on any atom is -0.467 e. The lowest BCUT2D eigenvalue weighted by Crippen LogP contribution is -2.23. The van der Waals surface area contributed by atoms with Crippen molar-refractivity contribution in [1.29, 1.82) is 0 Å². The molecule has 7 heteroatoms. The van der Waals surface area contributed by atoms with Crippen LogP contribution < -0.4 is 0 Å². The Labute approximate surface area is 98.0 Å². The summed E-state index contributed by atoms with van der Waals surface area (Å²) in [5, 5.41) is 20.7. The number of hydrogen-bond donors (Lipinski definition) is 1. The van der Waals surface area contributed by atoms with Crippen molar-refractivity contribution < 1.29 is 14.3 Å². The minimum atomic E-state index is -0.646. The summed E-state index contributed by atoms with van der Waals surface area (Å²) in [4.78, 5) is 0. The second-order valence-corrected chi connectivity index (χ2v) is 3.66. The summed E-state index contributed by atoms with van der Waals surface area (Å²) < 4.78 is 11.9. The number of tetrazole rings is 1. The van der Waals surface area contributed by atoms with Crippen LogP contribution >= 0.6 is 0 Å². The van der Waals surface area contributed by atoms with Crippen molar-refractivity contribution in [2.75, 3.05) is 6.61 Å². The number of aryl methyl sites for hydroxylation is 1. The zero-order valence-electron chi connectivity index (χ0n) is 9.48. The number of furan rings is 1. The summed E-state index contributed by atoms with van der Waals surface area (Å²) in [5.74, 6) is 1.39. The molecule has 2 rings (SSSR count). The summed E-state index contributed by atoms with van der Waals surface area (Å²) in [5.41, 5.74) is 0. The Morgan fingerprint density at radius 3 is 3.12 bits per heavy atom. The molecule has 1 atom stereocenters. The molecule has 0 saturated carbocycles. The first-order chi connectivity index (χ1) is 8.25. The van der Waals surface area contributed by atoms with Gasteiger partial charge >= 0.3 is 0 Å². The Kier molecular flexibility index (Phi) is 3.84. The summed E-state index contributed by atoms with van der Waals surface area (Å²) in [6.07, 6.45) is 0.937. The van der Waals surface area contributed by atoms with Crippen molar-refractivity contribution in [2.45, 2.75) is 26.2 Å². The Balaban J connectivity index is 1.71. The maximum absolute atomic E-state index is 9.70. The number of ether oxygens (including phenoxy) is 1. The monoisotopic (exact) mass is 238 g/mol. The molecule has 92 valence electrons. The van der Waals surface area contributed by atoms with Gasteiger partial charge in [-0.2, -0.15) is 0 Å². The van der Waals surface area contributed by atoms with Crippen LogP contribution in [0.3, 0.4) is 0 Å². The first-order valence-electron chi connectivity index (χ1n) is 5.26. The number of nitrogens with zero attached hydrogens (tertiary/aromatic N) is 4. The lowest BCUT2D eigenvalue weighted by Gasteiger charge is -2.10. The van der Waals surface area contributed by atoms with Crippen LogP contribution in [0, 0.1) is 6.92 Å². The van der Waals surface area contributed by atoms with Crippen LogP contribution in [0.15, 0.2) is 22.8 Å². The second-order valence-electron chi connectivity index (χ2n) is 3.66.